The van der Waals surface area contributed by atoms with Crippen LogP contribution in [0.2, 0.25) is 0 Å². The van der Waals surface area contributed by atoms with E-state index in [0.717, 1.165) is 60.9 Å². The van der Waals surface area contributed by atoms with Crippen LogP contribution in [0.25, 0.3) is 16.6 Å². The highest BCUT2D eigenvalue weighted by molar-refractivity contribution is 5.93. The summed E-state index contributed by atoms with van der Waals surface area (Å²) >= 11 is 0. The first kappa shape index (κ1) is 27.7. The number of fused-ring (bicyclic) bond motifs is 3. The van der Waals surface area contributed by atoms with Crippen LogP contribution < -0.4 is 19.7 Å². The van der Waals surface area contributed by atoms with Gasteiger partial charge in [0.15, 0.2) is 23.0 Å². The number of piperidine rings is 1. The van der Waals surface area contributed by atoms with Crippen molar-refractivity contribution in [3.63, 3.8) is 0 Å². The van der Waals surface area contributed by atoms with Gasteiger partial charge in [-0.1, -0.05) is 6.07 Å². The fourth-order valence-electron chi connectivity index (χ4n) is 6.08. The highest BCUT2D eigenvalue weighted by atomic mass is 19.1. The van der Waals surface area contributed by atoms with Crippen LogP contribution in [0.4, 0.5) is 16.0 Å². The fourth-order valence-corrected chi connectivity index (χ4v) is 6.08. The van der Waals surface area contributed by atoms with E-state index >= 15 is 0 Å². The summed E-state index contributed by atoms with van der Waals surface area (Å²) in [4.78, 5) is 12.3. The molecule has 0 spiro atoms. The summed E-state index contributed by atoms with van der Waals surface area (Å²) in [5.41, 5.74) is 6.76. The van der Waals surface area contributed by atoms with Gasteiger partial charge in [0, 0.05) is 43.5 Å². The van der Waals surface area contributed by atoms with Gasteiger partial charge in [0.1, 0.15) is 5.75 Å². The van der Waals surface area contributed by atoms with E-state index in [4.69, 9.17) is 29.6 Å². The van der Waals surface area contributed by atoms with Crippen LogP contribution >= 0.6 is 0 Å². The molecule has 0 saturated carbocycles. The second-order valence-electron chi connectivity index (χ2n) is 10.9. The fraction of sp³-hybridized carbons (Fsp3) is 0.419. The lowest BCUT2D eigenvalue weighted by Crippen LogP contribution is -2.35. The molecule has 0 unspecified atom stereocenters. The van der Waals surface area contributed by atoms with E-state index in [9.17, 15) is 4.39 Å². The van der Waals surface area contributed by atoms with Crippen LogP contribution in [0.3, 0.4) is 0 Å². The predicted molar refractivity (Wildman–Crippen MR) is 161 cm³/mol. The van der Waals surface area contributed by atoms with Gasteiger partial charge in [-0.05, 0) is 69.9 Å². The van der Waals surface area contributed by atoms with Crippen molar-refractivity contribution in [3.8, 4) is 11.5 Å². The lowest BCUT2D eigenvalue weighted by molar-refractivity contribution is 0.387. The first-order valence-corrected chi connectivity index (χ1v) is 14.4. The molecule has 1 saturated heterocycles. The first-order chi connectivity index (χ1) is 20.3. The molecule has 5 aromatic rings. The average Bonchev–Trinajstić information content (AvgIpc) is 3.57. The molecule has 220 valence electrons. The van der Waals surface area contributed by atoms with Crippen LogP contribution in [0, 0.1) is 26.6 Å². The summed E-state index contributed by atoms with van der Waals surface area (Å²) in [6.07, 6.45) is 1.98. The second-order valence-corrected chi connectivity index (χ2v) is 10.9. The van der Waals surface area contributed by atoms with Crippen LogP contribution in [-0.2, 0) is 13.1 Å². The Labute approximate surface area is 244 Å². The van der Waals surface area contributed by atoms with Crippen LogP contribution in [-0.4, -0.2) is 56.7 Å². The zero-order chi connectivity index (χ0) is 29.5. The van der Waals surface area contributed by atoms with Crippen molar-refractivity contribution in [2.24, 2.45) is 0 Å². The largest absolute Gasteiger partial charge is 0.497 e. The molecule has 2 aromatic carbocycles. The van der Waals surface area contributed by atoms with Gasteiger partial charge in [0.05, 0.1) is 36.8 Å². The molecule has 4 heterocycles. The van der Waals surface area contributed by atoms with Gasteiger partial charge in [-0.15, -0.1) is 5.10 Å². The van der Waals surface area contributed by atoms with Crippen molar-refractivity contribution in [2.75, 3.05) is 37.5 Å². The van der Waals surface area contributed by atoms with Gasteiger partial charge in [0.25, 0.3) is 0 Å². The van der Waals surface area contributed by atoms with Crippen molar-refractivity contribution < 1.29 is 13.9 Å². The molecule has 1 atom stereocenters. The number of rotatable bonds is 8. The maximum atomic E-state index is 14.9. The van der Waals surface area contributed by atoms with E-state index in [1.54, 1.807) is 17.7 Å². The molecule has 0 radical (unpaired) electrons. The normalized spacial score (nSPS) is 15.5. The summed E-state index contributed by atoms with van der Waals surface area (Å²) in [5.74, 6) is 1.85. The van der Waals surface area contributed by atoms with Gasteiger partial charge < -0.3 is 19.7 Å². The molecule has 42 heavy (non-hydrogen) atoms. The zero-order valence-electron chi connectivity index (χ0n) is 25.0. The third kappa shape index (κ3) is 4.86. The molecule has 11 heteroatoms. The highest BCUT2D eigenvalue weighted by Gasteiger charge is 2.29. The minimum atomic E-state index is -0.462. The Morgan fingerprint density at radius 2 is 1.88 bits per heavy atom. The van der Waals surface area contributed by atoms with E-state index in [-0.39, 0.29) is 11.7 Å². The van der Waals surface area contributed by atoms with Crippen molar-refractivity contribution in [3.05, 3.63) is 64.5 Å². The number of hydrogen-bond acceptors (Lipinski definition) is 8. The Balaban J connectivity index is 1.39. The summed E-state index contributed by atoms with van der Waals surface area (Å²) in [6, 6.07) is 9.03. The molecular formula is C31H37FN8O2. The molecule has 10 nitrogen and oxygen atoms in total. The van der Waals surface area contributed by atoms with Gasteiger partial charge in [-0.25, -0.2) is 14.4 Å². The maximum absolute atomic E-state index is 14.9. The van der Waals surface area contributed by atoms with Crippen molar-refractivity contribution in [2.45, 2.75) is 59.5 Å². The third-order valence-electron chi connectivity index (χ3n) is 8.29. The SMILES string of the molecule is CCn1nc(C)c(N2CCC[C@@H](c3nc4c5cc(F)c(OC)cc5nc(NCc5ccc(OC)cc5C)n4n3)C2)c1C. The zero-order valence-corrected chi connectivity index (χ0v) is 25.0. The number of halogens is 1. The van der Waals surface area contributed by atoms with E-state index in [0.29, 0.717) is 29.0 Å². The lowest BCUT2D eigenvalue weighted by atomic mass is 9.96. The topological polar surface area (TPSA) is 94.6 Å². The molecule has 1 N–H and O–H groups in total. The smallest absolute Gasteiger partial charge is 0.226 e. The average molecular weight is 573 g/mol. The quantitative estimate of drug-likeness (QED) is 0.258. The van der Waals surface area contributed by atoms with Crippen LogP contribution in [0.15, 0.2) is 30.3 Å². The predicted octanol–water partition coefficient (Wildman–Crippen LogP) is 5.57. The van der Waals surface area contributed by atoms with Crippen LogP contribution in [0.1, 0.15) is 54.0 Å². The van der Waals surface area contributed by atoms with Crippen molar-refractivity contribution in [1.82, 2.24) is 29.4 Å². The van der Waals surface area contributed by atoms with Gasteiger partial charge in [-0.3, -0.25) is 4.68 Å². The van der Waals surface area contributed by atoms with E-state index in [1.807, 2.05) is 25.1 Å². The van der Waals surface area contributed by atoms with Gasteiger partial charge >= 0.3 is 0 Å². The number of anilines is 2. The van der Waals surface area contributed by atoms with E-state index in [2.05, 4.69) is 35.7 Å². The van der Waals surface area contributed by atoms with Gasteiger partial charge in [-0.2, -0.15) is 9.61 Å². The maximum Gasteiger partial charge on any atom is 0.226 e. The number of methoxy groups -OCH3 is 2. The van der Waals surface area contributed by atoms with Crippen molar-refractivity contribution >= 4 is 28.2 Å². The Morgan fingerprint density at radius 1 is 1.05 bits per heavy atom. The number of nitrogens with one attached hydrogen (secondary N) is 1. The number of hydrogen-bond donors (Lipinski definition) is 1. The number of ether oxygens (including phenoxy) is 2. The third-order valence-corrected chi connectivity index (χ3v) is 8.29. The standard InChI is InChI=1S/C31H37FN8O2/c1-7-39-20(4)28(19(3)36-39)38-12-8-9-22(17-38)29-35-30-24-14-25(32)27(42-6)15-26(24)34-31(40(30)37-29)33-16-21-10-11-23(41-5)13-18(21)2/h10-11,13-15,22H,7-9,12,16-17H2,1-6H3,(H,33,34)/t22-/m1/s1. The molecule has 1 aliphatic rings. The summed E-state index contributed by atoms with van der Waals surface area (Å²) in [7, 11) is 3.11. The minimum absolute atomic E-state index is 0.109. The summed E-state index contributed by atoms with van der Waals surface area (Å²) < 4.78 is 29.3. The Bertz CT molecular complexity index is 1780. The molecule has 0 amide bonds. The minimum Gasteiger partial charge on any atom is -0.497 e. The number of aromatic nitrogens is 6. The molecule has 1 aliphatic heterocycles. The molecule has 3 aromatic heterocycles. The molecule has 0 bridgehead atoms. The molecule has 1 fully saturated rings. The van der Waals surface area contributed by atoms with E-state index < -0.39 is 5.82 Å². The lowest BCUT2D eigenvalue weighted by Gasteiger charge is -2.33. The van der Waals surface area contributed by atoms with Gasteiger partial charge in [0.2, 0.25) is 5.95 Å². The Kier molecular flexibility index (Phi) is 7.34. The first-order valence-electron chi connectivity index (χ1n) is 14.4. The highest BCUT2D eigenvalue weighted by Crippen LogP contribution is 2.34. The number of nitrogens with zero attached hydrogens (tertiary/aromatic N) is 7. The molecule has 6 rings (SSSR count). The number of benzene rings is 2. The molecule has 0 aliphatic carbocycles. The van der Waals surface area contributed by atoms with Crippen LogP contribution in [0.5, 0.6) is 11.5 Å². The number of aryl methyl sites for hydroxylation is 3. The summed E-state index contributed by atoms with van der Waals surface area (Å²) in [6.45, 7) is 11.5. The Hall–Kier alpha value is -4.41. The van der Waals surface area contributed by atoms with Crippen molar-refractivity contribution in [1.29, 1.82) is 0 Å². The Morgan fingerprint density at radius 3 is 2.60 bits per heavy atom. The molecular weight excluding hydrogens is 535 g/mol. The monoisotopic (exact) mass is 572 g/mol. The second kappa shape index (κ2) is 11.1. The summed E-state index contributed by atoms with van der Waals surface area (Å²) in [5, 5.41) is 13.7. The van der Waals surface area contributed by atoms with E-state index in [1.165, 1.54) is 24.6 Å².